The van der Waals surface area contributed by atoms with Gasteiger partial charge in [-0.15, -0.1) is 5.11 Å². The molecule has 0 aromatic heterocycles. The Morgan fingerprint density at radius 1 is 0.679 bits per heavy atom. The largest absolute Gasteiger partial charge is 0.494 e. The van der Waals surface area contributed by atoms with Crippen LogP contribution in [0.15, 0.2) is 101 Å². The van der Waals surface area contributed by atoms with Gasteiger partial charge in [-0.3, -0.25) is 0 Å². The van der Waals surface area contributed by atoms with Crippen molar-refractivity contribution in [2.75, 3.05) is 37.1 Å². The predicted molar refractivity (Wildman–Crippen MR) is 229 cm³/mol. The molecule has 9 heteroatoms. The highest BCUT2D eigenvalue weighted by Gasteiger charge is 2.34. The molecular formula is C47H62N4O5. The van der Waals surface area contributed by atoms with Crippen molar-refractivity contribution < 1.29 is 23.7 Å². The molecule has 1 aliphatic heterocycles. The van der Waals surface area contributed by atoms with Gasteiger partial charge in [0.15, 0.2) is 0 Å². The third kappa shape index (κ3) is 12.0. The number of nitrogens with one attached hydrogen (secondary N) is 2. The van der Waals surface area contributed by atoms with E-state index in [1.54, 1.807) is 6.92 Å². The Bertz CT molecular complexity index is 1920. The molecule has 0 saturated carbocycles. The molecule has 5 rings (SSSR count). The van der Waals surface area contributed by atoms with Gasteiger partial charge in [0.05, 0.1) is 31.2 Å². The summed E-state index contributed by atoms with van der Waals surface area (Å²) in [6, 6.07) is 25.9. The van der Waals surface area contributed by atoms with Gasteiger partial charge in [-0.2, -0.15) is 5.11 Å². The van der Waals surface area contributed by atoms with Gasteiger partial charge in [0, 0.05) is 33.1 Å². The van der Waals surface area contributed by atoms with E-state index in [0.29, 0.717) is 32.0 Å². The SMILES string of the molecule is C=C(C)C(=O)OCCCCCCCCCCOc1ccc(N=Nc2ccc3c4c(cccc24)NC(C)(COc2ccc(OCC(C)(C)C(C)(C)C)cc2)N3)cc1. The third-order valence-corrected chi connectivity index (χ3v) is 10.8. The van der Waals surface area contributed by atoms with Crippen LogP contribution in [0.4, 0.5) is 22.7 Å². The fourth-order valence-electron chi connectivity index (χ4n) is 6.19. The number of ether oxygens (including phenoxy) is 4. The van der Waals surface area contributed by atoms with Crippen LogP contribution in [0.2, 0.25) is 0 Å². The number of carbonyl (C=O) groups is 1. The molecule has 0 amide bonds. The normalized spacial score (nSPS) is 15.3. The van der Waals surface area contributed by atoms with Gasteiger partial charge in [0.2, 0.25) is 0 Å². The number of carbonyl (C=O) groups excluding carboxylic acids is 1. The van der Waals surface area contributed by atoms with Gasteiger partial charge >= 0.3 is 5.97 Å². The van der Waals surface area contributed by atoms with Crippen LogP contribution in [-0.2, 0) is 9.53 Å². The highest BCUT2D eigenvalue weighted by molar-refractivity contribution is 6.09. The monoisotopic (exact) mass is 762 g/mol. The number of hydrogen-bond donors (Lipinski definition) is 2. The molecule has 1 aliphatic rings. The molecule has 0 saturated heterocycles. The second-order valence-electron chi connectivity index (χ2n) is 16.9. The quantitative estimate of drug-likeness (QED) is 0.0377. The zero-order valence-electron chi connectivity index (χ0n) is 34.6. The maximum absolute atomic E-state index is 11.4. The highest BCUT2D eigenvalue weighted by atomic mass is 16.5. The van der Waals surface area contributed by atoms with Crippen molar-refractivity contribution >= 4 is 39.5 Å². The number of esters is 1. The third-order valence-electron chi connectivity index (χ3n) is 10.8. The van der Waals surface area contributed by atoms with Crippen LogP contribution in [0.25, 0.3) is 10.8 Å². The first-order valence-electron chi connectivity index (χ1n) is 20.2. The first kappa shape index (κ1) is 42.1. The summed E-state index contributed by atoms with van der Waals surface area (Å²) in [5.41, 5.74) is 3.69. The predicted octanol–water partition coefficient (Wildman–Crippen LogP) is 13.0. The topological polar surface area (TPSA) is 103 Å². The zero-order chi connectivity index (χ0) is 40.2. The molecule has 4 aromatic carbocycles. The maximum atomic E-state index is 11.4. The number of anilines is 2. The Balaban J connectivity index is 1.04. The van der Waals surface area contributed by atoms with Crippen LogP contribution >= 0.6 is 0 Å². The van der Waals surface area contributed by atoms with E-state index >= 15 is 0 Å². The minimum absolute atomic E-state index is 0.0386. The molecule has 9 nitrogen and oxygen atoms in total. The second kappa shape index (κ2) is 19.2. The van der Waals surface area contributed by atoms with E-state index in [-0.39, 0.29) is 16.8 Å². The molecule has 0 aliphatic carbocycles. The summed E-state index contributed by atoms with van der Waals surface area (Å²) in [5.74, 6) is 2.16. The Morgan fingerprint density at radius 2 is 1.23 bits per heavy atom. The van der Waals surface area contributed by atoms with Crippen molar-refractivity contribution in [3.05, 3.63) is 91.0 Å². The van der Waals surface area contributed by atoms with Crippen molar-refractivity contribution in [1.29, 1.82) is 0 Å². The number of azo groups is 1. The van der Waals surface area contributed by atoms with Crippen molar-refractivity contribution in [3.8, 4) is 17.2 Å². The Kier molecular flexibility index (Phi) is 14.4. The van der Waals surface area contributed by atoms with Gasteiger partial charge < -0.3 is 29.6 Å². The molecule has 4 aromatic rings. The summed E-state index contributed by atoms with van der Waals surface area (Å²) in [6.45, 7) is 20.8. The number of hydrogen-bond acceptors (Lipinski definition) is 9. The molecule has 0 fully saturated rings. The van der Waals surface area contributed by atoms with Gasteiger partial charge in [0.25, 0.3) is 0 Å². The Labute approximate surface area is 334 Å². The molecule has 300 valence electrons. The van der Waals surface area contributed by atoms with E-state index in [1.165, 1.54) is 25.7 Å². The summed E-state index contributed by atoms with van der Waals surface area (Å²) in [7, 11) is 0. The molecule has 1 heterocycles. The van der Waals surface area contributed by atoms with Crippen molar-refractivity contribution in [3.63, 3.8) is 0 Å². The Hall–Kier alpha value is -5.05. The van der Waals surface area contributed by atoms with Crippen molar-refractivity contribution in [1.82, 2.24) is 0 Å². The summed E-state index contributed by atoms with van der Waals surface area (Å²) in [4.78, 5) is 11.4. The van der Waals surface area contributed by atoms with E-state index in [9.17, 15) is 4.79 Å². The van der Waals surface area contributed by atoms with Crippen LogP contribution in [0, 0.1) is 10.8 Å². The van der Waals surface area contributed by atoms with Gasteiger partial charge in [0.1, 0.15) is 29.5 Å². The van der Waals surface area contributed by atoms with Crippen LogP contribution in [0.1, 0.15) is 99.8 Å². The Morgan fingerprint density at radius 3 is 1.86 bits per heavy atom. The summed E-state index contributed by atoms with van der Waals surface area (Å²) >= 11 is 0. The second-order valence-corrected chi connectivity index (χ2v) is 16.9. The first-order valence-corrected chi connectivity index (χ1v) is 20.2. The molecule has 0 bridgehead atoms. The van der Waals surface area contributed by atoms with Crippen LogP contribution in [0.3, 0.4) is 0 Å². The van der Waals surface area contributed by atoms with Crippen LogP contribution < -0.4 is 24.8 Å². The molecular weight excluding hydrogens is 701 g/mol. The van der Waals surface area contributed by atoms with E-state index in [4.69, 9.17) is 18.9 Å². The first-order chi connectivity index (χ1) is 26.7. The zero-order valence-corrected chi connectivity index (χ0v) is 34.6. The summed E-state index contributed by atoms with van der Waals surface area (Å²) in [6.07, 6.45) is 8.97. The lowest BCUT2D eigenvalue weighted by Gasteiger charge is -2.38. The molecule has 1 unspecified atom stereocenters. The van der Waals surface area contributed by atoms with Gasteiger partial charge in [-0.05, 0) is 98.8 Å². The standard InChI is InChI=1S/C47H62N4O5/c1-34(2)44(52)54-31-16-14-12-10-9-11-13-15-30-53-36-22-20-35(21-23-36)50-51-40-28-29-42-43-39(40)18-17-19-41(43)48-47(8,49-42)33-56-38-26-24-37(25-27-38)55-32-46(6,7)45(3,4)5/h17-29,48-49H,1,9-16,30-33H2,2-8H3. The average molecular weight is 763 g/mol. The minimum atomic E-state index is -0.536. The highest BCUT2D eigenvalue weighted by Crippen LogP contribution is 2.42. The maximum Gasteiger partial charge on any atom is 0.333 e. The van der Waals surface area contributed by atoms with Gasteiger partial charge in [-0.1, -0.05) is 91.9 Å². The molecule has 0 spiro atoms. The fourth-order valence-corrected chi connectivity index (χ4v) is 6.19. The van der Waals surface area contributed by atoms with E-state index in [2.05, 4.69) is 87.2 Å². The summed E-state index contributed by atoms with van der Waals surface area (Å²) < 4.78 is 23.5. The molecule has 2 N–H and O–H groups in total. The lowest BCUT2D eigenvalue weighted by molar-refractivity contribution is -0.139. The summed E-state index contributed by atoms with van der Waals surface area (Å²) in [5, 5.41) is 18.6. The lowest BCUT2D eigenvalue weighted by Crippen LogP contribution is -2.50. The van der Waals surface area contributed by atoms with E-state index in [0.717, 1.165) is 76.5 Å². The van der Waals surface area contributed by atoms with Crippen LogP contribution in [0.5, 0.6) is 17.2 Å². The fraction of sp³-hybridized carbons (Fsp3) is 0.468. The number of benzene rings is 4. The smallest absolute Gasteiger partial charge is 0.333 e. The number of unbranched alkanes of at least 4 members (excludes halogenated alkanes) is 7. The number of rotatable bonds is 21. The number of nitrogens with zero attached hydrogens (tertiary/aromatic N) is 2. The average Bonchev–Trinajstić information content (AvgIpc) is 3.16. The molecule has 1 atom stereocenters. The minimum Gasteiger partial charge on any atom is -0.494 e. The molecule has 0 radical (unpaired) electrons. The van der Waals surface area contributed by atoms with E-state index in [1.807, 2.05) is 60.7 Å². The van der Waals surface area contributed by atoms with Crippen LogP contribution in [-0.4, -0.2) is 38.1 Å². The van der Waals surface area contributed by atoms with Gasteiger partial charge in [-0.25, -0.2) is 4.79 Å². The van der Waals surface area contributed by atoms with Crippen molar-refractivity contribution in [2.45, 2.75) is 105 Å². The lowest BCUT2D eigenvalue weighted by atomic mass is 9.70. The van der Waals surface area contributed by atoms with Crippen molar-refractivity contribution in [2.24, 2.45) is 21.1 Å². The molecule has 56 heavy (non-hydrogen) atoms. The van der Waals surface area contributed by atoms with E-state index < -0.39 is 5.66 Å².